The summed E-state index contributed by atoms with van der Waals surface area (Å²) in [7, 11) is 0. The molecule has 0 aliphatic heterocycles. The highest BCUT2D eigenvalue weighted by molar-refractivity contribution is 9.10. The van der Waals surface area contributed by atoms with Crippen molar-refractivity contribution in [2.24, 2.45) is 0 Å². The summed E-state index contributed by atoms with van der Waals surface area (Å²) in [6.07, 6.45) is 1.22. The van der Waals surface area contributed by atoms with Gasteiger partial charge in [-0.3, -0.25) is 14.6 Å². The lowest BCUT2D eigenvalue weighted by Crippen LogP contribution is -2.27. The highest BCUT2D eigenvalue weighted by atomic mass is 79.9. The van der Waals surface area contributed by atoms with Crippen molar-refractivity contribution in [2.75, 3.05) is 0 Å². The maximum atomic E-state index is 12.2. The molecular weight excluding hydrogens is 300 g/mol. The average molecular weight is 313 g/mol. The van der Waals surface area contributed by atoms with E-state index in [2.05, 4.69) is 20.8 Å². The second-order valence-corrected chi connectivity index (χ2v) is 5.78. The van der Waals surface area contributed by atoms with Gasteiger partial charge in [0.2, 0.25) is 0 Å². The summed E-state index contributed by atoms with van der Waals surface area (Å²) in [5.74, 6) is -0.0587. The summed E-state index contributed by atoms with van der Waals surface area (Å²) in [5, 5.41) is 0. The standard InChI is InChI=1S/C13H13BrO4/c1-3-13(14)7-10-9(12(13)16)5-4-6-11(10)18-17-8(2)15/h4-6H,3,7H2,1-2H3. The average Bonchev–Trinajstić information content (AvgIpc) is 2.61. The molecule has 1 aliphatic rings. The van der Waals surface area contributed by atoms with Gasteiger partial charge in [0.15, 0.2) is 11.5 Å². The van der Waals surface area contributed by atoms with E-state index in [0.717, 1.165) is 5.56 Å². The number of carbonyl (C=O) groups excluding carboxylic acids is 2. The number of hydrogen-bond acceptors (Lipinski definition) is 4. The number of benzene rings is 1. The Hall–Kier alpha value is -1.36. The first-order chi connectivity index (χ1) is 8.48. The van der Waals surface area contributed by atoms with E-state index in [4.69, 9.17) is 4.89 Å². The molecule has 18 heavy (non-hydrogen) atoms. The fraction of sp³-hybridized carbons (Fsp3) is 0.385. The molecule has 0 heterocycles. The van der Waals surface area contributed by atoms with Gasteiger partial charge in [0, 0.05) is 18.1 Å². The van der Waals surface area contributed by atoms with E-state index in [1.54, 1.807) is 18.2 Å². The molecule has 0 saturated carbocycles. The molecule has 2 rings (SSSR count). The molecule has 1 aromatic rings. The molecule has 0 radical (unpaired) electrons. The molecule has 1 aromatic carbocycles. The zero-order chi connectivity index (χ0) is 13.3. The first-order valence-electron chi connectivity index (χ1n) is 5.68. The highest BCUT2D eigenvalue weighted by Gasteiger charge is 2.43. The summed E-state index contributed by atoms with van der Waals surface area (Å²) >= 11 is 3.49. The van der Waals surface area contributed by atoms with Crippen LogP contribution in [-0.2, 0) is 16.1 Å². The number of carbonyl (C=O) groups is 2. The third-order valence-electron chi connectivity index (χ3n) is 3.05. The maximum Gasteiger partial charge on any atom is 0.352 e. The monoisotopic (exact) mass is 312 g/mol. The van der Waals surface area contributed by atoms with Crippen molar-refractivity contribution in [3.8, 4) is 5.75 Å². The van der Waals surface area contributed by atoms with Gasteiger partial charge in [-0.1, -0.05) is 35.0 Å². The van der Waals surface area contributed by atoms with Crippen molar-refractivity contribution in [1.82, 2.24) is 0 Å². The van der Waals surface area contributed by atoms with Gasteiger partial charge >= 0.3 is 5.97 Å². The van der Waals surface area contributed by atoms with Crippen LogP contribution in [0.4, 0.5) is 0 Å². The van der Waals surface area contributed by atoms with Crippen LogP contribution in [0.3, 0.4) is 0 Å². The lowest BCUT2D eigenvalue weighted by atomic mass is 10.0. The molecule has 0 saturated heterocycles. The Morgan fingerprint density at radius 3 is 2.83 bits per heavy atom. The van der Waals surface area contributed by atoms with E-state index in [1.165, 1.54) is 6.92 Å². The first-order valence-corrected chi connectivity index (χ1v) is 6.48. The Balaban J connectivity index is 2.34. The van der Waals surface area contributed by atoms with Crippen LogP contribution >= 0.6 is 15.9 Å². The Morgan fingerprint density at radius 2 is 2.22 bits per heavy atom. The zero-order valence-electron chi connectivity index (χ0n) is 10.2. The molecule has 0 fully saturated rings. The molecular formula is C13H13BrO4. The smallest absolute Gasteiger partial charge is 0.293 e. The van der Waals surface area contributed by atoms with E-state index in [9.17, 15) is 9.59 Å². The third kappa shape index (κ3) is 2.14. The number of halogens is 1. The van der Waals surface area contributed by atoms with Gasteiger partial charge in [-0.15, -0.1) is 0 Å². The fourth-order valence-electron chi connectivity index (χ4n) is 2.03. The van der Waals surface area contributed by atoms with Gasteiger partial charge < -0.3 is 0 Å². The molecule has 0 bridgehead atoms. The van der Waals surface area contributed by atoms with E-state index in [1.807, 2.05) is 6.92 Å². The largest absolute Gasteiger partial charge is 0.352 e. The van der Waals surface area contributed by atoms with E-state index >= 15 is 0 Å². The molecule has 4 nitrogen and oxygen atoms in total. The lowest BCUT2D eigenvalue weighted by Gasteiger charge is -2.16. The number of hydrogen-bond donors (Lipinski definition) is 0. The zero-order valence-corrected chi connectivity index (χ0v) is 11.7. The minimum absolute atomic E-state index is 0.0493. The van der Waals surface area contributed by atoms with Crippen LogP contribution in [0.15, 0.2) is 18.2 Å². The Bertz CT molecular complexity index is 512. The van der Waals surface area contributed by atoms with E-state index in [0.29, 0.717) is 24.2 Å². The summed E-state index contributed by atoms with van der Waals surface area (Å²) in [6.45, 7) is 3.21. The summed E-state index contributed by atoms with van der Waals surface area (Å²) < 4.78 is -0.564. The van der Waals surface area contributed by atoms with Crippen LogP contribution in [0, 0.1) is 0 Å². The lowest BCUT2D eigenvalue weighted by molar-refractivity contribution is -0.211. The summed E-state index contributed by atoms with van der Waals surface area (Å²) in [5.41, 5.74) is 1.40. The number of ketones is 1. The molecule has 1 atom stereocenters. The predicted molar refractivity (Wildman–Crippen MR) is 68.8 cm³/mol. The normalized spacial score (nSPS) is 21.6. The van der Waals surface area contributed by atoms with Gasteiger partial charge in [-0.05, 0) is 18.9 Å². The second-order valence-electron chi connectivity index (χ2n) is 4.27. The molecule has 0 amide bonds. The Labute approximate surface area is 113 Å². The molecule has 1 unspecified atom stereocenters. The molecule has 96 valence electrons. The minimum atomic E-state index is -0.564. The van der Waals surface area contributed by atoms with E-state index < -0.39 is 10.3 Å². The van der Waals surface area contributed by atoms with Gasteiger partial charge in [0.25, 0.3) is 0 Å². The van der Waals surface area contributed by atoms with Crippen LogP contribution in [0.2, 0.25) is 0 Å². The van der Waals surface area contributed by atoms with Crippen molar-refractivity contribution < 1.29 is 19.4 Å². The minimum Gasteiger partial charge on any atom is -0.293 e. The predicted octanol–water partition coefficient (Wildman–Crippen LogP) is 2.83. The van der Waals surface area contributed by atoms with Crippen molar-refractivity contribution in [3.05, 3.63) is 29.3 Å². The molecule has 1 aliphatic carbocycles. The van der Waals surface area contributed by atoms with Gasteiger partial charge in [-0.2, -0.15) is 0 Å². The van der Waals surface area contributed by atoms with Gasteiger partial charge in [0.05, 0.1) is 4.32 Å². The molecule has 0 aromatic heterocycles. The van der Waals surface area contributed by atoms with E-state index in [-0.39, 0.29) is 5.78 Å². The fourth-order valence-corrected chi connectivity index (χ4v) is 2.52. The number of rotatable bonds is 3. The topological polar surface area (TPSA) is 52.6 Å². The van der Waals surface area contributed by atoms with Crippen molar-refractivity contribution in [3.63, 3.8) is 0 Å². The molecule has 0 N–H and O–H groups in total. The summed E-state index contributed by atoms with van der Waals surface area (Å²) in [6, 6.07) is 5.16. The molecule has 5 heteroatoms. The molecule has 0 spiro atoms. The number of alkyl halides is 1. The van der Waals surface area contributed by atoms with Crippen LogP contribution in [0.25, 0.3) is 0 Å². The maximum absolute atomic E-state index is 12.2. The quantitative estimate of drug-likeness (QED) is 0.489. The van der Waals surface area contributed by atoms with Crippen molar-refractivity contribution in [1.29, 1.82) is 0 Å². The second kappa shape index (κ2) is 4.72. The van der Waals surface area contributed by atoms with Gasteiger partial charge in [-0.25, -0.2) is 4.79 Å². The van der Waals surface area contributed by atoms with Gasteiger partial charge in [0.1, 0.15) is 0 Å². The Kier molecular flexibility index (Phi) is 3.43. The highest BCUT2D eigenvalue weighted by Crippen LogP contribution is 2.42. The van der Waals surface area contributed by atoms with Crippen LogP contribution in [0.1, 0.15) is 36.2 Å². The number of fused-ring (bicyclic) bond motifs is 1. The number of Topliss-reactive ketones (excluding diaryl/α,β-unsaturated/α-hetero) is 1. The van der Waals surface area contributed by atoms with Crippen LogP contribution in [-0.4, -0.2) is 16.1 Å². The third-order valence-corrected chi connectivity index (χ3v) is 4.25. The van der Waals surface area contributed by atoms with Crippen LogP contribution < -0.4 is 4.89 Å². The first kappa shape index (κ1) is 13.1. The Morgan fingerprint density at radius 1 is 1.50 bits per heavy atom. The summed E-state index contributed by atoms with van der Waals surface area (Å²) in [4.78, 5) is 32.5. The van der Waals surface area contributed by atoms with Crippen LogP contribution in [0.5, 0.6) is 5.75 Å². The van der Waals surface area contributed by atoms with Crippen molar-refractivity contribution >= 4 is 27.7 Å². The SMILES string of the molecule is CCC1(Br)Cc2c(OOC(C)=O)cccc2C1=O. The van der Waals surface area contributed by atoms with Crippen molar-refractivity contribution in [2.45, 2.75) is 31.0 Å².